The Morgan fingerprint density at radius 2 is 2.05 bits per heavy atom. The van der Waals surface area contributed by atoms with Crippen molar-refractivity contribution < 1.29 is 19.0 Å². The molecule has 0 aromatic heterocycles. The van der Waals surface area contributed by atoms with Gasteiger partial charge >= 0.3 is 5.97 Å². The molecule has 1 aromatic rings. The van der Waals surface area contributed by atoms with Gasteiger partial charge in [-0.3, -0.25) is 4.90 Å². The van der Waals surface area contributed by atoms with Crippen LogP contribution in [0.5, 0.6) is 5.75 Å². The fourth-order valence-corrected chi connectivity index (χ4v) is 2.41. The number of hydrogen-bond donors (Lipinski definition) is 1. The van der Waals surface area contributed by atoms with Crippen molar-refractivity contribution in [1.29, 1.82) is 0 Å². The zero-order valence-electron chi connectivity index (χ0n) is 11.9. The number of nitrogens with zero attached hydrogens (tertiary/aromatic N) is 1. The van der Waals surface area contributed by atoms with Crippen LogP contribution in [0.25, 0.3) is 6.08 Å². The van der Waals surface area contributed by atoms with E-state index in [1.807, 2.05) is 0 Å². The molecule has 1 N–H and O–H groups in total. The van der Waals surface area contributed by atoms with E-state index in [0.717, 1.165) is 25.7 Å². The van der Waals surface area contributed by atoms with Gasteiger partial charge in [-0.2, -0.15) is 0 Å². The average Bonchev–Trinajstić information content (AvgIpc) is 2.46. The summed E-state index contributed by atoms with van der Waals surface area (Å²) in [6.45, 7) is 3.53. The largest absolute Gasteiger partial charge is 0.492 e. The molecule has 0 amide bonds. The van der Waals surface area contributed by atoms with Gasteiger partial charge < -0.3 is 9.84 Å². The van der Waals surface area contributed by atoms with E-state index in [2.05, 4.69) is 4.90 Å². The fourth-order valence-electron chi connectivity index (χ4n) is 2.41. The second-order valence-electron chi connectivity index (χ2n) is 5.14. The van der Waals surface area contributed by atoms with Crippen molar-refractivity contribution >= 4 is 12.0 Å². The molecular weight excluding hydrogens is 273 g/mol. The molecule has 1 aromatic carbocycles. The second kappa shape index (κ2) is 7.78. The van der Waals surface area contributed by atoms with E-state index >= 15 is 0 Å². The summed E-state index contributed by atoms with van der Waals surface area (Å²) in [7, 11) is 0. The van der Waals surface area contributed by atoms with E-state index in [0.29, 0.717) is 17.9 Å². The Morgan fingerprint density at radius 1 is 1.29 bits per heavy atom. The van der Waals surface area contributed by atoms with E-state index < -0.39 is 11.8 Å². The standard InChI is InChI=1S/C16H20FNO3/c17-14-10-13(4-5-16(19)20)11-15(12-14)21-9-8-18-6-2-1-3-7-18/h4-5,10-12H,1-3,6-9H2,(H,19,20)/b5-4+. The normalized spacial score (nSPS) is 16.2. The topological polar surface area (TPSA) is 49.8 Å². The molecular formula is C16H20FNO3. The van der Waals surface area contributed by atoms with Gasteiger partial charge in [0.2, 0.25) is 0 Å². The maximum Gasteiger partial charge on any atom is 0.328 e. The number of carboxylic acids is 1. The number of carboxylic acid groups (broad SMARTS) is 1. The molecule has 21 heavy (non-hydrogen) atoms. The molecule has 0 aliphatic carbocycles. The molecule has 2 rings (SSSR count). The highest BCUT2D eigenvalue weighted by atomic mass is 19.1. The molecule has 114 valence electrons. The van der Waals surface area contributed by atoms with Crippen molar-refractivity contribution in [3.8, 4) is 5.75 Å². The first-order chi connectivity index (χ1) is 10.1. The van der Waals surface area contributed by atoms with Crippen molar-refractivity contribution in [3.05, 3.63) is 35.7 Å². The summed E-state index contributed by atoms with van der Waals surface area (Å²) in [6.07, 6.45) is 6.07. The number of piperidine rings is 1. The van der Waals surface area contributed by atoms with Crippen LogP contribution in [0.15, 0.2) is 24.3 Å². The van der Waals surface area contributed by atoms with E-state index in [9.17, 15) is 9.18 Å². The molecule has 1 fully saturated rings. The first-order valence-corrected chi connectivity index (χ1v) is 7.20. The minimum absolute atomic E-state index is 0.428. The lowest BCUT2D eigenvalue weighted by atomic mass is 10.1. The van der Waals surface area contributed by atoms with Crippen molar-refractivity contribution in [1.82, 2.24) is 4.90 Å². The number of aliphatic carboxylic acids is 1. The molecule has 5 heteroatoms. The van der Waals surface area contributed by atoms with Crippen molar-refractivity contribution in [2.45, 2.75) is 19.3 Å². The average molecular weight is 293 g/mol. The van der Waals surface area contributed by atoms with Gasteiger partial charge in [-0.25, -0.2) is 9.18 Å². The quantitative estimate of drug-likeness (QED) is 0.819. The van der Waals surface area contributed by atoms with Crippen LogP contribution in [0.3, 0.4) is 0 Å². The Hall–Kier alpha value is -1.88. The van der Waals surface area contributed by atoms with Crippen molar-refractivity contribution in [2.24, 2.45) is 0 Å². The molecule has 0 bridgehead atoms. The fraction of sp³-hybridized carbons (Fsp3) is 0.438. The Balaban J connectivity index is 1.88. The summed E-state index contributed by atoms with van der Waals surface area (Å²) in [4.78, 5) is 12.8. The molecule has 0 radical (unpaired) electrons. The number of hydrogen-bond acceptors (Lipinski definition) is 3. The second-order valence-corrected chi connectivity index (χ2v) is 5.14. The van der Waals surface area contributed by atoms with E-state index in [-0.39, 0.29) is 0 Å². The van der Waals surface area contributed by atoms with E-state index in [1.165, 1.54) is 37.5 Å². The Labute approximate surface area is 123 Å². The van der Waals surface area contributed by atoms with Crippen LogP contribution >= 0.6 is 0 Å². The van der Waals surface area contributed by atoms with Gasteiger partial charge in [0.25, 0.3) is 0 Å². The molecule has 1 heterocycles. The van der Waals surface area contributed by atoms with Crippen LogP contribution in [0.2, 0.25) is 0 Å². The van der Waals surface area contributed by atoms with Gasteiger partial charge in [0, 0.05) is 18.7 Å². The minimum Gasteiger partial charge on any atom is -0.492 e. The van der Waals surface area contributed by atoms with Gasteiger partial charge in [0.1, 0.15) is 18.2 Å². The van der Waals surface area contributed by atoms with Crippen LogP contribution in [-0.4, -0.2) is 42.2 Å². The smallest absolute Gasteiger partial charge is 0.328 e. The predicted octanol–water partition coefficient (Wildman–Crippen LogP) is 2.79. The SMILES string of the molecule is O=C(O)/C=C/c1cc(F)cc(OCCN2CCCCC2)c1. The van der Waals surface area contributed by atoms with Crippen LogP contribution in [0, 0.1) is 5.82 Å². The van der Waals surface area contributed by atoms with Crippen LogP contribution in [0.1, 0.15) is 24.8 Å². The summed E-state index contributed by atoms with van der Waals surface area (Å²) in [6, 6.07) is 4.23. The third-order valence-corrected chi connectivity index (χ3v) is 3.44. The third-order valence-electron chi connectivity index (χ3n) is 3.44. The van der Waals surface area contributed by atoms with Crippen molar-refractivity contribution in [3.63, 3.8) is 0 Å². The first kappa shape index (κ1) is 15.5. The first-order valence-electron chi connectivity index (χ1n) is 7.20. The van der Waals surface area contributed by atoms with Crippen molar-refractivity contribution in [2.75, 3.05) is 26.2 Å². The van der Waals surface area contributed by atoms with Gasteiger partial charge in [0.15, 0.2) is 0 Å². The summed E-state index contributed by atoms with van der Waals surface area (Å²) >= 11 is 0. The molecule has 0 unspecified atom stereocenters. The molecule has 0 saturated carbocycles. The third kappa shape index (κ3) is 5.55. The maximum absolute atomic E-state index is 13.5. The number of halogens is 1. The molecule has 0 atom stereocenters. The Kier molecular flexibility index (Phi) is 5.75. The monoisotopic (exact) mass is 293 g/mol. The lowest BCUT2D eigenvalue weighted by Gasteiger charge is -2.26. The summed E-state index contributed by atoms with van der Waals surface area (Å²) in [5.74, 6) is -1.07. The lowest BCUT2D eigenvalue weighted by Crippen LogP contribution is -2.33. The molecule has 4 nitrogen and oxygen atoms in total. The zero-order valence-corrected chi connectivity index (χ0v) is 11.9. The van der Waals surface area contributed by atoms with E-state index in [1.54, 1.807) is 6.07 Å². The highest BCUT2D eigenvalue weighted by Gasteiger charge is 2.09. The number of ether oxygens (including phenoxy) is 1. The van der Waals surface area contributed by atoms with Crippen LogP contribution < -0.4 is 4.74 Å². The Bertz CT molecular complexity index is 510. The molecule has 0 spiro atoms. The molecule has 1 aliphatic heterocycles. The number of likely N-dealkylation sites (tertiary alicyclic amines) is 1. The van der Waals surface area contributed by atoms with Gasteiger partial charge in [-0.15, -0.1) is 0 Å². The van der Waals surface area contributed by atoms with Gasteiger partial charge in [-0.1, -0.05) is 6.42 Å². The Morgan fingerprint density at radius 3 is 2.76 bits per heavy atom. The number of carbonyl (C=O) groups is 1. The summed E-state index contributed by atoms with van der Waals surface area (Å²) < 4.78 is 19.0. The number of rotatable bonds is 6. The summed E-state index contributed by atoms with van der Waals surface area (Å²) in [5, 5.41) is 8.58. The highest BCUT2D eigenvalue weighted by molar-refractivity contribution is 5.85. The molecule has 1 aliphatic rings. The van der Waals surface area contributed by atoms with Crippen LogP contribution in [-0.2, 0) is 4.79 Å². The maximum atomic E-state index is 13.5. The molecule has 1 saturated heterocycles. The van der Waals surface area contributed by atoms with Gasteiger partial charge in [0.05, 0.1) is 0 Å². The van der Waals surface area contributed by atoms with Gasteiger partial charge in [-0.05, 0) is 49.7 Å². The summed E-state index contributed by atoms with van der Waals surface area (Å²) in [5.41, 5.74) is 0.477. The zero-order chi connectivity index (χ0) is 15.1. The van der Waals surface area contributed by atoms with Crippen LogP contribution in [0.4, 0.5) is 4.39 Å². The minimum atomic E-state index is -1.06. The predicted molar refractivity (Wildman–Crippen MR) is 78.9 cm³/mol. The van der Waals surface area contributed by atoms with E-state index in [4.69, 9.17) is 9.84 Å². The number of benzene rings is 1. The highest BCUT2D eigenvalue weighted by Crippen LogP contribution is 2.18. The lowest BCUT2D eigenvalue weighted by molar-refractivity contribution is -0.131.